The summed E-state index contributed by atoms with van der Waals surface area (Å²) in [5.41, 5.74) is 1.59. The second kappa shape index (κ2) is 7.24. The molecule has 0 fully saturated rings. The van der Waals surface area contributed by atoms with Gasteiger partial charge in [0.05, 0.1) is 28.9 Å². The Morgan fingerprint density at radius 2 is 2.25 bits per heavy atom. The first-order chi connectivity index (χ1) is 11.7. The number of anilines is 1. The van der Waals surface area contributed by atoms with E-state index in [9.17, 15) is 9.59 Å². The van der Waals surface area contributed by atoms with Gasteiger partial charge in [0.15, 0.2) is 0 Å². The van der Waals surface area contributed by atoms with Gasteiger partial charge in [0.25, 0.3) is 11.8 Å². The zero-order valence-corrected chi connectivity index (χ0v) is 13.8. The average molecular weight is 344 g/mol. The number of amides is 2. The molecule has 8 heteroatoms. The highest BCUT2D eigenvalue weighted by molar-refractivity contribution is 7.12. The van der Waals surface area contributed by atoms with Crippen molar-refractivity contribution in [2.45, 2.75) is 0 Å². The van der Waals surface area contributed by atoms with Gasteiger partial charge >= 0.3 is 0 Å². The van der Waals surface area contributed by atoms with Crippen molar-refractivity contribution in [3.05, 3.63) is 46.4 Å². The van der Waals surface area contributed by atoms with Crippen LogP contribution in [0.3, 0.4) is 0 Å². The Labute approximate surface area is 142 Å². The fourth-order valence-electron chi connectivity index (χ4n) is 2.22. The molecule has 3 aromatic rings. The van der Waals surface area contributed by atoms with Gasteiger partial charge < -0.3 is 20.4 Å². The maximum atomic E-state index is 12.2. The molecular weight excluding hydrogens is 328 g/mol. The number of nitrogens with zero attached hydrogens (tertiary/aromatic N) is 1. The summed E-state index contributed by atoms with van der Waals surface area (Å²) >= 11 is 1.36. The highest BCUT2D eigenvalue weighted by Crippen LogP contribution is 2.21. The number of aromatic amines is 1. The first kappa shape index (κ1) is 16.2. The third kappa shape index (κ3) is 3.44. The zero-order chi connectivity index (χ0) is 16.9. The molecule has 0 spiro atoms. The first-order valence-electron chi connectivity index (χ1n) is 7.28. The van der Waals surface area contributed by atoms with Gasteiger partial charge in [0.2, 0.25) is 0 Å². The minimum Gasteiger partial charge on any atom is -0.383 e. The van der Waals surface area contributed by atoms with E-state index in [0.717, 1.165) is 0 Å². The molecule has 0 saturated heterocycles. The number of carbonyl (C=O) groups is 2. The molecule has 0 bridgehead atoms. The van der Waals surface area contributed by atoms with Gasteiger partial charge in [-0.2, -0.15) is 0 Å². The number of rotatable bonds is 6. The number of carbonyl (C=O) groups excluding carboxylic acids is 2. The summed E-state index contributed by atoms with van der Waals surface area (Å²) in [6, 6.07) is 5.29. The number of ether oxygens (including phenoxy) is 1. The van der Waals surface area contributed by atoms with Crippen molar-refractivity contribution in [2.75, 3.05) is 25.6 Å². The van der Waals surface area contributed by atoms with Crippen LogP contribution in [0.5, 0.6) is 0 Å². The number of aromatic nitrogens is 2. The lowest BCUT2D eigenvalue weighted by Gasteiger charge is -2.05. The Bertz CT molecular complexity index is 857. The highest BCUT2D eigenvalue weighted by Gasteiger charge is 2.14. The van der Waals surface area contributed by atoms with Crippen LogP contribution in [0.25, 0.3) is 11.0 Å². The third-order valence-electron chi connectivity index (χ3n) is 3.37. The molecular formula is C16H16N4O3S. The molecule has 0 aliphatic carbocycles. The molecule has 0 saturated carbocycles. The largest absolute Gasteiger partial charge is 0.383 e. The summed E-state index contributed by atoms with van der Waals surface area (Å²) in [5, 5.41) is 8.04. The van der Waals surface area contributed by atoms with Gasteiger partial charge in [-0.25, -0.2) is 4.98 Å². The van der Waals surface area contributed by atoms with Crippen molar-refractivity contribution in [3.63, 3.8) is 0 Å². The number of hydrogen-bond acceptors (Lipinski definition) is 5. The summed E-state index contributed by atoms with van der Waals surface area (Å²) in [7, 11) is 1.57. The fourth-order valence-corrected chi connectivity index (χ4v) is 2.84. The van der Waals surface area contributed by atoms with Crippen molar-refractivity contribution >= 4 is 39.9 Å². The van der Waals surface area contributed by atoms with E-state index in [-0.39, 0.29) is 11.8 Å². The Balaban J connectivity index is 1.80. The van der Waals surface area contributed by atoms with Crippen molar-refractivity contribution in [3.8, 4) is 0 Å². The van der Waals surface area contributed by atoms with Crippen molar-refractivity contribution in [1.29, 1.82) is 0 Å². The lowest BCUT2D eigenvalue weighted by molar-refractivity contribution is 0.0938. The summed E-state index contributed by atoms with van der Waals surface area (Å²) in [6.45, 7) is 0.860. The predicted octanol–water partition coefficient (Wildman–Crippen LogP) is 2.25. The molecule has 24 heavy (non-hydrogen) atoms. The lowest BCUT2D eigenvalue weighted by Crippen LogP contribution is -2.26. The van der Waals surface area contributed by atoms with E-state index in [1.807, 2.05) is 11.4 Å². The molecule has 0 unspecified atom stereocenters. The number of methoxy groups -OCH3 is 1. The van der Waals surface area contributed by atoms with Gasteiger partial charge in [-0.15, -0.1) is 11.3 Å². The Morgan fingerprint density at radius 1 is 1.38 bits per heavy atom. The molecule has 3 heterocycles. The molecule has 7 nitrogen and oxygen atoms in total. The molecule has 0 radical (unpaired) electrons. The van der Waals surface area contributed by atoms with Gasteiger partial charge in [0.1, 0.15) is 5.65 Å². The fraction of sp³-hybridized carbons (Fsp3) is 0.188. The molecule has 2 amide bonds. The number of thiophene rings is 1. The normalized spacial score (nSPS) is 10.7. The van der Waals surface area contributed by atoms with Gasteiger partial charge in [-0.05, 0) is 17.5 Å². The van der Waals surface area contributed by atoms with E-state index in [2.05, 4.69) is 20.6 Å². The molecule has 0 aromatic carbocycles. The summed E-state index contributed by atoms with van der Waals surface area (Å²) in [5.74, 6) is -0.422. The van der Waals surface area contributed by atoms with E-state index < -0.39 is 0 Å². The van der Waals surface area contributed by atoms with Crippen molar-refractivity contribution < 1.29 is 14.3 Å². The molecule has 3 rings (SSSR count). The second-order valence-electron chi connectivity index (χ2n) is 5.00. The van der Waals surface area contributed by atoms with Gasteiger partial charge in [-0.1, -0.05) is 6.07 Å². The minimum absolute atomic E-state index is 0.201. The highest BCUT2D eigenvalue weighted by atomic mass is 32.1. The van der Waals surface area contributed by atoms with Crippen molar-refractivity contribution in [1.82, 2.24) is 15.3 Å². The smallest absolute Gasteiger partial charge is 0.265 e. The summed E-state index contributed by atoms with van der Waals surface area (Å²) < 4.78 is 4.91. The number of pyridine rings is 1. The maximum absolute atomic E-state index is 12.2. The van der Waals surface area contributed by atoms with Gasteiger partial charge in [-0.3, -0.25) is 9.59 Å². The van der Waals surface area contributed by atoms with Crippen LogP contribution in [-0.2, 0) is 4.74 Å². The molecule has 0 aliphatic heterocycles. The van der Waals surface area contributed by atoms with E-state index in [4.69, 9.17) is 4.74 Å². The monoisotopic (exact) mass is 344 g/mol. The summed E-state index contributed by atoms with van der Waals surface area (Å²) in [6.07, 6.45) is 3.15. The van der Waals surface area contributed by atoms with E-state index >= 15 is 0 Å². The van der Waals surface area contributed by atoms with E-state index in [1.165, 1.54) is 11.3 Å². The molecule has 124 valence electrons. The van der Waals surface area contributed by atoms with Crippen LogP contribution in [0.1, 0.15) is 20.0 Å². The van der Waals surface area contributed by atoms with Crippen LogP contribution in [0.15, 0.2) is 36.0 Å². The number of H-pyrrole nitrogens is 1. The minimum atomic E-state index is -0.221. The SMILES string of the molecule is COCCNC(=O)c1c[nH]c2ncc(NC(=O)c3cccs3)cc12. The Hall–Kier alpha value is -2.71. The second-order valence-corrected chi connectivity index (χ2v) is 5.95. The van der Waals surface area contributed by atoms with Gasteiger partial charge in [0, 0.05) is 25.2 Å². The quantitative estimate of drug-likeness (QED) is 0.598. The number of fused-ring (bicyclic) bond motifs is 1. The first-order valence-corrected chi connectivity index (χ1v) is 8.16. The van der Waals surface area contributed by atoms with Crippen LogP contribution in [-0.4, -0.2) is 42.0 Å². The molecule has 0 atom stereocenters. The maximum Gasteiger partial charge on any atom is 0.265 e. The lowest BCUT2D eigenvalue weighted by atomic mass is 10.2. The molecule has 3 aromatic heterocycles. The average Bonchev–Trinajstić information content (AvgIpc) is 3.24. The predicted molar refractivity (Wildman–Crippen MR) is 92.6 cm³/mol. The Kier molecular flexibility index (Phi) is 4.88. The van der Waals surface area contributed by atoms with E-state index in [0.29, 0.717) is 40.3 Å². The van der Waals surface area contributed by atoms with E-state index in [1.54, 1.807) is 31.6 Å². The Morgan fingerprint density at radius 3 is 3.00 bits per heavy atom. The molecule has 0 aliphatic rings. The zero-order valence-electron chi connectivity index (χ0n) is 13.0. The van der Waals surface area contributed by atoms with Crippen LogP contribution in [0.4, 0.5) is 5.69 Å². The summed E-state index contributed by atoms with van der Waals surface area (Å²) in [4.78, 5) is 32.1. The number of hydrogen-bond donors (Lipinski definition) is 3. The third-order valence-corrected chi connectivity index (χ3v) is 4.24. The van der Waals surface area contributed by atoms with Crippen LogP contribution < -0.4 is 10.6 Å². The van der Waals surface area contributed by atoms with Crippen LogP contribution >= 0.6 is 11.3 Å². The topological polar surface area (TPSA) is 96.1 Å². The van der Waals surface area contributed by atoms with Crippen LogP contribution in [0, 0.1) is 0 Å². The standard InChI is InChI=1S/C16H16N4O3S/c1-23-5-4-17-15(21)12-9-19-14-11(12)7-10(8-18-14)20-16(22)13-3-2-6-24-13/h2-3,6-9H,4-5H2,1H3,(H,17,21)(H,18,19)(H,20,22). The number of nitrogens with one attached hydrogen (secondary N) is 3. The van der Waals surface area contributed by atoms with Crippen LogP contribution in [0.2, 0.25) is 0 Å². The van der Waals surface area contributed by atoms with Crippen molar-refractivity contribution in [2.24, 2.45) is 0 Å². The molecule has 3 N–H and O–H groups in total.